The van der Waals surface area contributed by atoms with E-state index >= 15 is 4.39 Å². The monoisotopic (exact) mass is 468 g/mol. The van der Waals surface area contributed by atoms with E-state index in [0.717, 1.165) is 32.1 Å². The highest BCUT2D eigenvalue weighted by Gasteiger charge is 2.26. The van der Waals surface area contributed by atoms with Gasteiger partial charge in [-0.3, -0.25) is 0 Å². The second-order valence-electron chi connectivity index (χ2n) is 8.86. The van der Waals surface area contributed by atoms with E-state index in [2.05, 4.69) is 6.92 Å². The van der Waals surface area contributed by atoms with E-state index in [-0.39, 0.29) is 22.8 Å². The quantitative estimate of drug-likeness (QED) is 0.259. The number of benzene rings is 3. The lowest BCUT2D eigenvalue weighted by Crippen LogP contribution is -2.14. The van der Waals surface area contributed by atoms with Crippen molar-refractivity contribution in [2.45, 2.75) is 51.9 Å². The van der Waals surface area contributed by atoms with Gasteiger partial charge in [-0.2, -0.15) is 4.39 Å². The summed E-state index contributed by atoms with van der Waals surface area (Å²) in [5.74, 6) is -3.26. The molecule has 4 rings (SSSR count). The predicted octanol–water partition coefficient (Wildman–Crippen LogP) is 9.17. The van der Waals surface area contributed by atoms with Crippen molar-refractivity contribution in [2.24, 2.45) is 5.92 Å². The van der Waals surface area contributed by atoms with E-state index in [1.54, 1.807) is 49.4 Å². The lowest BCUT2D eigenvalue weighted by Gasteiger charge is -2.28. The van der Waals surface area contributed by atoms with Crippen molar-refractivity contribution in [3.05, 3.63) is 89.7 Å². The van der Waals surface area contributed by atoms with Crippen LogP contribution in [0.15, 0.2) is 60.9 Å². The van der Waals surface area contributed by atoms with Crippen LogP contribution >= 0.6 is 0 Å². The summed E-state index contributed by atoms with van der Waals surface area (Å²) in [7, 11) is 0. The van der Waals surface area contributed by atoms with Crippen molar-refractivity contribution in [2.75, 3.05) is 0 Å². The molecule has 0 unspecified atom stereocenters. The molecule has 0 atom stereocenters. The van der Waals surface area contributed by atoms with E-state index in [1.165, 1.54) is 18.4 Å². The molecule has 0 amide bonds. The normalized spacial score (nSPS) is 18.4. The molecule has 0 aliphatic heterocycles. The third-order valence-corrected chi connectivity index (χ3v) is 6.86. The summed E-state index contributed by atoms with van der Waals surface area (Å²) in [5.41, 5.74) is 1.54. The summed E-state index contributed by atoms with van der Waals surface area (Å²) >= 11 is 0. The molecule has 3 aromatic carbocycles. The molecule has 5 heteroatoms. The lowest BCUT2D eigenvalue weighted by atomic mass is 9.77. The van der Waals surface area contributed by atoms with Crippen LogP contribution in [0.2, 0.25) is 0 Å². The zero-order chi connectivity index (χ0) is 24.2. The molecule has 0 radical (unpaired) electrons. The highest BCUT2D eigenvalue weighted by Crippen LogP contribution is 2.40. The van der Waals surface area contributed by atoms with Crippen molar-refractivity contribution in [1.29, 1.82) is 0 Å². The Morgan fingerprint density at radius 3 is 1.85 bits per heavy atom. The summed E-state index contributed by atoms with van der Waals surface area (Å²) in [6.07, 6.45) is 7.81. The van der Waals surface area contributed by atoms with Crippen LogP contribution in [0, 0.1) is 29.2 Å². The Morgan fingerprint density at radius 1 is 0.735 bits per heavy atom. The molecule has 0 spiro atoms. The Kier molecular flexibility index (Phi) is 7.40. The first kappa shape index (κ1) is 24.1. The summed E-state index contributed by atoms with van der Waals surface area (Å²) in [4.78, 5) is 0. The minimum Gasteiger partial charge on any atom is -0.462 e. The van der Waals surface area contributed by atoms with Gasteiger partial charge in [0.1, 0.15) is 0 Å². The van der Waals surface area contributed by atoms with Gasteiger partial charge >= 0.3 is 0 Å². The fraction of sp³-hybridized carbons (Fsp3) is 0.310. The summed E-state index contributed by atoms with van der Waals surface area (Å²) in [6, 6.07) is 12.4. The first-order chi connectivity index (χ1) is 16.4. The average molecular weight is 469 g/mol. The molecule has 1 aliphatic rings. The molecule has 0 N–H and O–H groups in total. The van der Waals surface area contributed by atoms with Gasteiger partial charge in [0, 0.05) is 11.1 Å². The van der Waals surface area contributed by atoms with Gasteiger partial charge in [0.25, 0.3) is 0 Å². The fourth-order valence-corrected chi connectivity index (χ4v) is 4.80. The van der Waals surface area contributed by atoms with Gasteiger partial charge in [0.2, 0.25) is 5.82 Å². The molecule has 0 bridgehead atoms. The summed E-state index contributed by atoms with van der Waals surface area (Å²) in [6.45, 7) is 3.87. The zero-order valence-electron chi connectivity index (χ0n) is 19.4. The molecule has 0 aromatic heterocycles. The first-order valence-electron chi connectivity index (χ1n) is 11.8. The maximum Gasteiger partial charge on any atom is 0.201 e. The highest BCUT2D eigenvalue weighted by molar-refractivity contribution is 5.72. The largest absolute Gasteiger partial charge is 0.462 e. The Bertz CT molecular complexity index is 1180. The average Bonchev–Trinajstić information content (AvgIpc) is 2.87. The zero-order valence-corrected chi connectivity index (χ0v) is 19.4. The van der Waals surface area contributed by atoms with Gasteiger partial charge in [-0.25, -0.2) is 13.2 Å². The van der Waals surface area contributed by atoms with E-state index in [4.69, 9.17) is 4.74 Å². The fourth-order valence-electron chi connectivity index (χ4n) is 4.80. The van der Waals surface area contributed by atoms with E-state index < -0.39 is 23.3 Å². The Balaban J connectivity index is 1.58. The molecule has 0 saturated heterocycles. The number of halogens is 4. The lowest BCUT2D eigenvalue weighted by molar-refractivity contribution is 0.312. The molecule has 1 saturated carbocycles. The molecular weight excluding hydrogens is 440 g/mol. The summed E-state index contributed by atoms with van der Waals surface area (Å²) in [5, 5.41) is 0. The van der Waals surface area contributed by atoms with Crippen molar-refractivity contribution in [3.8, 4) is 28.0 Å². The van der Waals surface area contributed by atoms with Gasteiger partial charge in [-0.15, -0.1) is 0 Å². The molecule has 34 heavy (non-hydrogen) atoms. The van der Waals surface area contributed by atoms with Crippen LogP contribution in [0.1, 0.15) is 57.4 Å². The number of ether oxygens (including phenoxy) is 1. The number of hydrogen-bond donors (Lipinski definition) is 0. The van der Waals surface area contributed by atoms with Crippen molar-refractivity contribution < 1.29 is 22.3 Å². The van der Waals surface area contributed by atoms with E-state index in [9.17, 15) is 13.2 Å². The second-order valence-corrected chi connectivity index (χ2v) is 8.86. The topological polar surface area (TPSA) is 9.23 Å². The van der Waals surface area contributed by atoms with Crippen LogP contribution in [-0.4, -0.2) is 0 Å². The van der Waals surface area contributed by atoms with Gasteiger partial charge in [0.15, 0.2) is 23.2 Å². The molecule has 0 heterocycles. The molecule has 3 aromatic rings. The Hall–Kier alpha value is -3.08. The third-order valence-electron chi connectivity index (χ3n) is 6.86. The van der Waals surface area contributed by atoms with Crippen molar-refractivity contribution >= 4 is 0 Å². The van der Waals surface area contributed by atoms with Crippen LogP contribution in [-0.2, 0) is 0 Å². The highest BCUT2D eigenvalue weighted by atomic mass is 19.2. The van der Waals surface area contributed by atoms with E-state index in [1.807, 2.05) is 0 Å². The Morgan fingerprint density at radius 2 is 1.29 bits per heavy atom. The van der Waals surface area contributed by atoms with E-state index in [0.29, 0.717) is 22.6 Å². The van der Waals surface area contributed by atoms with Crippen molar-refractivity contribution in [3.63, 3.8) is 0 Å². The van der Waals surface area contributed by atoms with Crippen LogP contribution in [0.3, 0.4) is 0 Å². The van der Waals surface area contributed by atoms with Crippen molar-refractivity contribution in [1.82, 2.24) is 0 Å². The van der Waals surface area contributed by atoms with Gasteiger partial charge in [-0.05, 0) is 73.3 Å². The smallest absolute Gasteiger partial charge is 0.201 e. The second kappa shape index (κ2) is 10.5. The molecule has 178 valence electrons. The van der Waals surface area contributed by atoms with Crippen LogP contribution in [0.25, 0.3) is 22.3 Å². The van der Waals surface area contributed by atoms with Crippen LogP contribution in [0.4, 0.5) is 17.6 Å². The maximum absolute atomic E-state index is 15.0. The van der Waals surface area contributed by atoms with Gasteiger partial charge in [0.05, 0.1) is 6.26 Å². The minimum atomic E-state index is -1.09. The van der Waals surface area contributed by atoms with Crippen LogP contribution < -0.4 is 4.74 Å². The number of allylic oxidation sites excluding steroid dienone is 1. The predicted molar refractivity (Wildman–Crippen MR) is 128 cm³/mol. The number of hydrogen-bond acceptors (Lipinski definition) is 1. The molecule has 1 aliphatic carbocycles. The molecule has 1 nitrogen and oxygen atoms in total. The Labute approximate surface area is 198 Å². The number of rotatable bonds is 6. The van der Waals surface area contributed by atoms with Gasteiger partial charge < -0.3 is 4.74 Å². The maximum atomic E-state index is 15.0. The molecule has 1 fully saturated rings. The standard InChI is InChI=1S/C29H28F4O/c1-3-17-34-25-16-15-24(28(32)29(25)33)21-11-9-20(10-12-21)23-14-13-22(26(30)27(23)31)19-7-5-18(4-2)6-8-19/h3,9-19H,4-8H2,1-2H3. The molecular formula is C29H28F4O. The van der Waals surface area contributed by atoms with Gasteiger partial charge in [-0.1, -0.05) is 55.8 Å². The SMILES string of the molecule is CC=COc1ccc(-c2ccc(-c3ccc(C4CCC(CC)CC4)c(F)c3F)cc2)c(F)c1F. The van der Waals surface area contributed by atoms with Crippen LogP contribution in [0.5, 0.6) is 5.75 Å². The third kappa shape index (κ3) is 4.75. The minimum absolute atomic E-state index is 0.0476. The first-order valence-corrected chi connectivity index (χ1v) is 11.8. The summed E-state index contributed by atoms with van der Waals surface area (Å²) < 4.78 is 64.0.